The molecule has 1 amide bonds. The van der Waals surface area contributed by atoms with Gasteiger partial charge in [0, 0.05) is 20.8 Å². The molecule has 1 aliphatic rings. The Hall–Kier alpha value is -0.940. The lowest BCUT2D eigenvalue weighted by atomic mass is 9.97. The fraction of sp³-hybridized carbons (Fsp3) is 0.714. The number of nitrogens with one attached hydrogen (secondary N) is 1. The van der Waals surface area contributed by atoms with Crippen molar-refractivity contribution in [2.45, 2.75) is 54.4 Å². The van der Waals surface area contributed by atoms with Crippen molar-refractivity contribution in [2.24, 2.45) is 0 Å². The zero-order chi connectivity index (χ0) is 20.9. The van der Waals surface area contributed by atoms with Gasteiger partial charge in [-0.3, -0.25) is 19.2 Å². The van der Waals surface area contributed by atoms with E-state index in [2.05, 4.69) is 17.9 Å². The van der Waals surface area contributed by atoms with E-state index in [9.17, 15) is 19.2 Å². The van der Waals surface area contributed by atoms with E-state index in [1.54, 1.807) is 0 Å². The van der Waals surface area contributed by atoms with Gasteiger partial charge in [0.1, 0.15) is 24.2 Å². The van der Waals surface area contributed by atoms with Gasteiger partial charge in [0.2, 0.25) is 0 Å². The average molecular weight is 467 g/mol. The molecule has 0 aliphatic carbocycles. The standard InChI is InChI=1S/C14H18Cl3NO8S/c1-5(19)23-4-8-10(24-6(2)20)11(25-7(3)21)9(12(27)26-8)18-13(22)14(15,16)17/h8-12,27H,4H2,1-3H3,(H,18,22)/t8-,9-,10-,11-,12+/m1/s1. The number of hydrogen-bond acceptors (Lipinski definition) is 9. The summed E-state index contributed by atoms with van der Waals surface area (Å²) in [4.78, 5) is 46.2. The molecular weight excluding hydrogens is 449 g/mol. The van der Waals surface area contributed by atoms with Gasteiger partial charge < -0.3 is 24.3 Å². The highest BCUT2D eigenvalue weighted by molar-refractivity contribution is 7.80. The van der Waals surface area contributed by atoms with Crippen molar-refractivity contribution in [3.8, 4) is 0 Å². The van der Waals surface area contributed by atoms with Crippen LogP contribution in [0.2, 0.25) is 0 Å². The molecule has 27 heavy (non-hydrogen) atoms. The second kappa shape index (κ2) is 10.0. The average Bonchev–Trinajstić information content (AvgIpc) is 2.49. The minimum absolute atomic E-state index is 0.312. The van der Waals surface area contributed by atoms with Gasteiger partial charge in [-0.15, -0.1) is 12.6 Å². The molecule has 13 heteroatoms. The molecule has 1 heterocycles. The highest BCUT2D eigenvalue weighted by Crippen LogP contribution is 2.31. The largest absolute Gasteiger partial charge is 0.463 e. The molecule has 0 saturated carbocycles. The van der Waals surface area contributed by atoms with Gasteiger partial charge in [0.05, 0.1) is 0 Å². The van der Waals surface area contributed by atoms with Gasteiger partial charge in [-0.05, 0) is 0 Å². The summed E-state index contributed by atoms with van der Waals surface area (Å²) in [5.74, 6) is -3.10. The van der Waals surface area contributed by atoms with Gasteiger partial charge in [0.25, 0.3) is 9.70 Å². The molecule has 0 aromatic carbocycles. The zero-order valence-corrected chi connectivity index (χ0v) is 17.6. The summed E-state index contributed by atoms with van der Waals surface area (Å²) >= 11 is 20.8. The van der Waals surface area contributed by atoms with E-state index in [4.69, 9.17) is 53.8 Å². The zero-order valence-electron chi connectivity index (χ0n) is 14.4. The third-order valence-electron chi connectivity index (χ3n) is 3.28. The Morgan fingerprint density at radius 3 is 1.96 bits per heavy atom. The number of halogens is 3. The summed E-state index contributed by atoms with van der Waals surface area (Å²) in [5, 5.41) is 2.34. The highest BCUT2D eigenvalue weighted by Gasteiger charge is 2.51. The van der Waals surface area contributed by atoms with Crippen molar-refractivity contribution < 1.29 is 38.1 Å². The number of carbonyl (C=O) groups is 4. The van der Waals surface area contributed by atoms with E-state index >= 15 is 0 Å². The Kier molecular flexibility index (Phi) is 8.94. The van der Waals surface area contributed by atoms with Crippen molar-refractivity contribution in [2.75, 3.05) is 6.61 Å². The van der Waals surface area contributed by atoms with Gasteiger partial charge in [-0.2, -0.15) is 0 Å². The highest BCUT2D eigenvalue weighted by atomic mass is 35.6. The van der Waals surface area contributed by atoms with Crippen LogP contribution in [0.4, 0.5) is 0 Å². The predicted octanol–water partition coefficient (Wildman–Crippen LogP) is 0.923. The first-order chi connectivity index (χ1) is 12.3. The van der Waals surface area contributed by atoms with Crippen LogP contribution in [0, 0.1) is 0 Å². The summed E-state index contributed by atoms with van der Waals surface area (Å²) in [5.41, 5.74) is -1.07. The van der Waals surface area contributed by atoms with Crippen molar-refractivity contribution in [1.82, 2.24) is 5.32 Å². The normalized spacial score (nSPS) is 28.0. The number of hydrogen-bond donors (Lipinski definition) is 2. The molecule has 0 aromatic heterocycles. The van der Waals surface area contributed by atoms with Gasteiger partial charge in [0.15, 0.2) is 12.2 Å². The lowest BCUT2D eigenvalue weighted by Crippen LogP contribution is -2.65. The molecule has 1 saturated heterocycles. The van der Waals surface area contributed by atoms with E-state index in [0.717, 1.165) is 13.8 Å². The number of esters is 3. The quantitative estimate of drug-likeness (QED) is 0.266. The number of amides is 1. The number of alkyl halides is 3. The molecule has 1 aliphatic heterocycles. The lowest BCUT2D eigenvalue weighted by Gasteiger charge is -2.44. The molecule has 0 radical (unpaired) electrons. The summed E-state index contributed by atoms with van der Waals surface area (Å²) in [6.45, 7) is 3.10. The molecule has 5 atom stereocenters. The minimum Gasteiger partial charge on any atom is -0.463 e. The Morgan fingerprint density at radius 1 is 1.00 bits per heavy atom. The predicted molar refractivity (Wildman–Crippen MR) is 97.6 cm³/mol. The molecule has 0 unspecified atom stereocenters. The fourth-order valence-electron chi connectivity index (χ4n) is 2.31. The first-order valence-corrected chi connectivity index (χ1v) is 9.17. The van der Waals surface area contributed by atoms with Crippen molar-refractivity contribution in [3.05, 3.63) is 0 Å². The summed E-state index contributed by atoms with van der Waals surface area (Å²) in [7, 11) is 0. The van der Waals surface area contributed by atoms with Crippen molar-refractivity contribution in [3.63, 3.8) is 0 Å². The van der Waals surface area contributed by atoms with Crippen LogP contribution >= 0.6 is 47.4 Å². The molecular formula is C14H18Cl3NO8S. The van der Waals surface area contributed by atoms with E-state index in [1.807, 2.05) is 0 Å². The van der Waals surface area contributed by atoms with Crippen LogP contribution in [-0.4, -0.2) is 64.0 Å². The Morgan fingerprint density at radius 2 is 1.52 bits per heavy atom. The molecule has 0 aromatic rings. The summed E-state index contributed by atoms with van der Waals surface area (Å²) in [6, 6.07) is -1.14. The lowest BCUT2D eigenvalue weighted by molar-refractivity contribution is -0.211. The maximum Gasteiger partial charge on any atom is 0.303 e. The van der Waals surface area contributed by atoms with Crippen LogP contribution in [0.15, 0.2) is 0 Å². The Balaban J connectivity index is 3.18. The Labute approximate surface area is 175 Å². The molecule has 1 rings (SSSR count). The SMILES string of the molecule is CC(=O)OC[C@H]1O[C@@H](S)[C@H](NC(=O)C(Cl)(Cl)Cl)[C@@H](OC(C)=O)[C@@H]1OC(C)=O. The van der Waals surface area contributed by atoms with Crippen LogP contribution in [-0.2, 0) is 38.1 Å². The van der Waals surface area contributed by atoms with E-state index in [-0.39, 0.29) is 6.61 Å². The monoisotopic (exact) mass is 465 g/mol. The molecule has 1 fully saturated rings. The third kappa shape index (κ3) is 7.53. The van der Waals surface area contributed by atoms with Crippen LogP contribution in [0.25, 0.3) is 0 Å². The smallest absolute Gasteiger partial charge is 0.303 e. The first kappa shape index (κ1) is 24.1. The second-order valence-corrected chi connectivity index (χ2v) is 8.30. The number of carbonyl (C=O) groups excluding carboxylic acids is 4. The van der Waals surface area contributed by atoms with Crippen LogP contribution < -0.4 is 5.32 Å². The van der Waals surface area contributed by atoms with Gasteiger partial charge >= 0.3 is 17.9 Å². The van der Waals surface area contributed by atoms with Crippen molar-refractivity contribution >= 4 is 71.2 Å². The maximum atomic E-state index is 12.0. The Bertz CT molecular complexity index is 599. The van der Waals surface area contributed by atoms with Crippen LogP contribution in [0.5, 0.6) is 0 Å². The molecule has 0 bridgehead atoms. The molecule has 0 spiro atoms. The van der Waals surface area contributed by atoms with E-state index in [0.29, 0.717) is 0 Å². The first-order valence-electron chi connectivity index (χ1n) is 7.52. The second-order valence-electron chi connectivity index (χ2n) is 5.51. The molecule has 9 nitrogen and oxygen atoms in total. The summed E-state index contributed by atoms with van der Waals surface area (Å²) < 4.78 is 18.5. The van der Waals surface area contributed by atoms with Gasteiger partial charge in [-0.1, -0.05) is 34.8 Å². The number of ether oxygens (including phenoxy) is 4. The molecule has 1 N–H and O–H groups in total. The summed E-state index contributed by atoms with van der Waals surface area (Å²) in [6.07, 6.45) is -3.50. The maximum absolute atomic E-state index is 12.0. The van der Waals surface area contributed by atoms with Crippen molar-refractivity contribution in [1.29, 1.82) is 0 Å². The third-order valence-corrected chi connectivity index (χ3v) is 4.23. The van der Waals surface area contributed by atoms with Crippen LogP contribution in [0.3, 0.4) is 0 Å². The van der Waals surface area contributed by atoms with E-state index in [1.165, 1.54) is 6.92 Å². The minimum atomic E-state index is -2.31. The van der Waals surface area contributed by atoms with Crippen LogP contribution in [0.1, 0.15) is 20.8 Å². The molecule has 154 valence electrons. The number of thiol groups is 1. The number of rotatable bonds is 5. The van der Waals surface area contributed by atoms with E-state index < -0.39 is 57.4 Å². The van der Waals surface area contributed by atoms with Gasteiger partial charge in [-0.25, -0.2) is 0 Å². The topological polar surface area (TPSA) is 117 Å². The fourth-order valence-corrected chi connectivity index (χ4v) is 2.87.